The van der Waals surface area contributed by atoms with E-state index in [0.717, 1.165) is 5.56 Å². The molecule has 114 valence electrons. The molecule has 1 aromatic heterocycles. The van der Waals surface area contributed by atoms with Gasteiger partial charge in [0.1, 0.15) is 6.61 Å². The molecule has 0 aliphatic carbocycles. The van der Waals surface area contributed by atoms with E-state index in [9.17, 15) is 0 Å². The molecule has 5 nitrogen and oxygen atoms in total. The molecule has 20 heavy (non-hydrogen) atoms. The second-order valence-electron chi connectivity index (χ2n) is 3.81. The van der Waals surface area contributed by atoms with Crippen molar-refractivity contribution < 1.29 is 18.9 Å². The highest BCUT2D eigenvalue weighted by Gasteiger charge is 2.03. The molecule has 0 fully saturated rings. The fourth-order valence-electron chi connectivity index (χ4n) is 1.31. The predicted molar refractivity (Wildman–Crippen MR) is 77.8 cm³/mol. The summed E-state index contributed by atoms with van der Waals surface area (Å²) in [6, 6.07) is 1.73. The Hall–Kier alpha value is -0.590. The fraction of sp³-hybridized carbons (Fsp3) is 0.615. The van der Waals surface area contributed by atoms with Gasteiger partial charge in [0.15, 0.2) is 0 Å². The number of halogens is 2. The van der Waals surface area contributed by atoms with E-state index in [1.165, 1.54) is 6.20 Å². The number of alkyl halides is 1. The third-order valence-electron chi connectivity index (χ3n) is 2.33. The molecule has 0 spiro atoms. The first-order valence-corrected chi connectivity index (χ1v) is 7.16. The summed E-state index contributed by atoms with van der Waals surface area (Å²) >= 11 is 11.6. The summed E-state index contributed by atoms with van der Waals surface area (Å²) < 4.78 is 20.9. The summed E-state index contributed by atoms with van der Waals surface area (Å²) in [4.78, 5) is 4.05. The summed E-state index contributed by atoms with van der Waals surface area (Å²) in [5.74, 6) is 0.817. The molecule has 1 heterocycles. The minimum atomic E-state index is 0.326. The van der Waals surface area contributed by atoms with Gasteiger partial charge < -0.3 is 18.9 Å². The Morgan fingerprint density at radius 1 is 1.05 bits per heavy atom. The van der Waals surface area contributed by atoms with Crippen molar-refractivity contribution in [3.8, 4) is 5.88 Å². The van der Waals surface area contributed by atoms with Crippen molar-refractivity contribution in [3.05, 3.63) is 22.8 Å². The highest BCUT2D eigenvalue weighted by atomic mass is 35.5. The fourth-order valence-corrected chi connectivity index (χ4v) is 1.77. The van der Waals surface area contributed by atoms with Crippen LogP contribution in [0.25, 0.3) is 0 Å². The quantitative estimate of drug-likeness (QED) is 0.462. The number of hydrogen-bond acceptors (Lipinski definition) is 5. The summed E-state index contributed by atoms with van der Waals surface area (Å²) in [5, 5.41) is 0.539. The molecule has 0 saturated carbocycles. The van der Waals surface area contributed by atoms with Gasteiger partial charge in [-0.2, -0.15) is 0 Å². The van der Waals surface area contributed by atoms with Crippen molar-refractivity contribution in [2.45, 2.75) is 5.88 Å². The largest absolute Gasteiger partial charge is 0.475 e. The van der Waals surface area contributed by atoms with Crippen LogP contribution in [0.2, 0.25) is 5.02 Å². The molecule has 7 heteroatoms. The smallest absolute Gasteiger partial charge is 0.213 e. The van der Waals surface area contributed by atoms with E-state index in [0.29, 0.717) is 56.4 Å². The van der Waals surface area contributed by atoms with E-state index < -0.39 is 0 Å². The van der Waals surface area contributed by atoms with Crippen LogP contribution in [0.1, 0.15) is 5.56 Å². The Balaban J connectivity index is 2.06. The average molecular weight is 324 g/mol. The summed E-state index contributed by atoms with van der Waals surface area (Å²) in [7, 11) is 1.64. The minimum absolute atomic E-state index is 0.326. The van der Waals surface area contributed by atoms with E-state index in [2.05, 4.69) is 4.98 Å². The minimum Gasteiger partial charge on any atom is -0.475 e. The third kappa shape index (κ3) is 7.26. The Kier molecular flexibility index (Phi) is 9.70. The van der Waals surface area contributed by atoms with E-state index >= 15 is 0 Å². The van der Waals surface area contributed by atoms with Gasteiger partial charge in [-0.05, 0) is 5.56 Å². The maximum absolute atomic E-state index is 5.90. The van der Waals surface area contributed by atoms with E-state index in [-0.39, 0.29) is 0 Å². The number of hydrogen-bond donors (Lipinski definition) is 0. The van der Waals surface area contributed by atoms with Gasteiger partial charge in [-0.3, -0.25) is 0 Å². The van der Waals surface area contributed by atoms with Gasteiger partial charge in [-0.15, -0.1) is 11.6 Å². The highest BCUT2D eigenvalue weighted by molar-refractivity contribution is 6.32. The summed E-state index contributed by atoms with van der Waals surface area (Å²) in [5.41, 5.74) is 0.797. The standard InChI is InChI=1S/C13H19Cl2NO4/c1-17-2-3-18-4-5-19-6-7-20-13-8-11(9-14)12(15)10-16-13/h8,10H,2-7,9H2,1H3. The van der Waals surface area contributed by atoms with Gasteiger partial charge in [-0.1, -0.05) is 11.6 Å². The highest BCUT2D eigenvalue weighted by Crippen LogP contribution is 2.20. The molecule has 0 saturated heterocycles. The zero-order valence-electron chi connectivity index (χ0n) is 11.4. The lowest BCUT2D eigenvalue weighted by atomic mass is 10.3. The van der Waals surface area contributed by atoms with Gasteiger partial charge in [0.25, 0.3) is 0 Å². The molecule has 0 atom stereocenters. The molecular formula is C13H19Cl2NO4. The van der Waals surface area contributed by atoms with Crippen molar-refractivity contribution in [1.82, 2.24) is 4.98 Å². The number of aromatic nitrogens is 1. The Morgan fingerprint density at radius 2 is 1.70 bits per heavy atom. The maximum atomic E-state index is 5.90. The molecule has 0 aromatic carbocycles. The Morgan fingerprint density at radius 3 is 2.35 bits per heavy atom. The van der Waals surface area contributed by atoms with Gasteiger partial charge in [0.05, 0.1) is 38.1 Å². The van der Waals surface area contributed by atoms with Crippen molar-refractivity contribution >= 4 is 23.2 Å². The first-order valence-electron chi connectivity index (χ1n) is 6.25. The number of rotatable bonds is 11. The number of ether oxygens (including phenoxy) is 4. The Bertz CT molecular complexity index is 379. The number of methoxy groups -OCH3 is 1. The van der Waals surface area contributed by atoms with Crippen molar-refractivity contribution in [2.75, 3.05) is 46.8 Å². The summed E-state index contributed by atoms with van der Waals surface area (Å²) in [6.45, 7) is 3.11. The first-order chi connectivity index (χ1) is 9.77. The number of nitrogens with zero attached hydrogens (tertiary/aromatic N) is 1. The van der Waals surface area contributed by atoms with Crippen LogP contribution in [-0.2, 0) is 20.1 Å². The normalized spacial score (nSPS) is 10.8. The second kappa shape index (κ2) is 11.1. The van der Waals surface area contributed by atoms with Crippen LogP contribution in [0, 0.1) is 0 Å². The molecule has 0 aliphatic heterocycles. The topological polar surface area (TPSA) is 49.8 Å². The van der Waals surface area contributed by atoms with Crippen LogP contribution in [0.4, 0.5) is 0 Å². The molecule has 0 bridgehead atoms. The van der Waals surface area contributed by atoms with Crippen LogP contribution in [-0.4, -0.2) is 51.7 Å². The van der Waals surface area contributed by atoms with Crippen LogP contribution in [0.3, 0.4) is 0 Å². The first kappa shape index (κ1) is 17.5. The zero-order chi connectivity index (χ0) is 14.6. The molecular weight excluding hydrogens is 305 g/mol. The molecule has 0 unspecified atom stereocenters. The molecule has 0 aliphatic rings. The second-order valence-corrected chi connectivity index (χ2v) is 4.49. The lowest BCUT2D eigenvalue weighted by molar-refractivity contribution is 0.0176. The van der Waals surface area contributed by atoms with Gasteiger partial charge >= 0.3 is 0 Å². The van der Waals surface area contributed by atoms with Crippen LogP contribution in [0.15, 0.2) is 12.3 Å². The molecule has 0 amide bonds. The lowest BCUT2D eigenvalue weighted by Crippen LogP contribution is -2.12. The van der Waals surface area contributed by atoms with Gasteiger partial charge in [0, 0.05) is 25.3 Å². The van der Waals surface area contributed by atoms with Crippen LogP contribution in [0.5, 0.6) is 5.88 Å². The molecule has 0 radical (unpaired) electrons. The SMILES string of the molecule is COCCOCCOCCOc1cc(CCl)c(Cl)cn1. The van der Waals surface area contributed by atoms with E-state index in [1.807, 2.05) is 0 Å². The number of pyridine rings is 1. The van der Waals surface area contributed by atoms with Gasteiger partial charge in [-0.25, -0.2) is 4.98 Å². The monoisotopic (exact) mass is 323 g/mol. The zero-order valence-corrected chi connectivity index (χ0v) is 13.0. The molecule has 1 aromatic rings. The predicted octanol–water partition coefficient (Wildman–Crippen LogP) is 2.53. The van der Waals surface area contributed by atoms with E-state index in [1.54, 1.807) is 13.2 Å². The van der Waals surface area contributed by atoms with Crippen molar-refractivity contribution in [1.29, 1.82) is 0 Å². The van der Waals surface area contributed by atoms with E-state index in [4.69, 9.17) is 42.1 Å². The average Bonchev–Trinajstić information content (AvgIpc) is 2.47. The van der Waals surface area contributed by atoms with Crippen LogP contribution >= 0.6 is 23.2 Å². The van der Waals surface area contributed by atoms with Crippen molar-refractivity contribution in [2.24, 2.45) is 0 Å². The maximum Gasteiger partial charge on any atom is 0.213 e. The van der Waals surface area contributed by atoms with Gasteiger partial charge in [0.2, 0.25) is 5.88 Å². The van der Waals surface area contributed by atoms with Crippen LogP contribution < -0.4 is 4.74 Å². The lowest BCUT2D eigenvalue weighted by Gasteiger charge is -2.08. The Labute approximate surface area is 129 Å². The molecule has 1 rings (SSSR count). The third-order valence-corrected chi connectivity index (χ3v) is 2.96. The molecule has 0 N–H and O–H groups in total. The summed E-state index contributed by atoms with van der Waals surface area (Å²) in [6.07, 6.45) is 1.53. The van der Waals surface area contributed by atoms with Crippen molar-refractivity contribution in [3.63, 3.8) is 0 Å².